The van der Waals surface area contributed by atoms with Gasteiger partial charge in [0.15, 0.2) is 0 Å². The van der Waals surface area contributed by atoms with Gasteiger partial charge in [0.05, 0.1) is 13.1 Å². The van der Waals surface area contributed by atoms with E-state index in [4.69, 9.17) is 0 Å². The number of hydrogen-bond acceptors (Lipinski definition) is 0. The first-order valence-electron chi connectivity index (χ1n) is 8.46. The van der Waals surface area contributed by atoms with Gasteiger partial charge in [0.2, 0.25) is 0 Å². The summed E-state index contributed by atoms with van der Waals surface area (Å²) in [4.78, 5) is 0. The average molecular weight is 285 g/mol. The van der Waals surface area contributed by atoms with Gasteiger partial charge in [0.1, 0.15) is 12.4 Å². The van der Waals surface area contributed by atoms with Gasteiger partial charge in [0.25, 0.3) is 5.82 Å². The summed E-state index contributed by atoms with van der Waals surface area (Å²) in [5, 5.41) is 0. The Morgan fingerprint density at radius 3 is 2.48 bits per heavy atom. The molecule has 0 N–H and O–H groups in total. The zero-order chi connectivity index (χ0) is 14.9. The molecule has 0 atom stereocenters. The van der Waals surface area contributed by atoms with Crippen LogP contribution in [0.5, 0.6) is 0 Å². The molecule has 21 heavy (non-hydrogen) atoms. The molecule has 0 aliphatic rings. The number of aromatic nitrogens is 2. The summed E-state index contributed by atoms with van der Waals surface area (Å²) in [6.07, 6.45) is 11.9. The molecule has 0 aliphatic carbocycles. The molecule has 0 spiro atoms. The summed E-state index contributed by atoms with van der Waals surface area (Å²) in [7, 11) is 0. The molecule has 0 amide bonds. The van der Waals surface area contributed by atoms with Crippen molar-refractivity contribution in [2.24, 2.45) is 0 Å². The van der Waals surface area contributed by atoms with Crippen molar-refractivity contribution in [2.45, 2.75) is 65.5 Å². The van der Waals surface area contributed by atoms with E-state index in [1.54, 1.807) is 0 Å². The number of rotatable bonds is 9. The van der Waals surface area contributed by atoms with Crippen molar-refractivity contribution >= 4 is 0 Å². The lowest BCUT2D eigenvalue weighted by Crippen LogP contribution is -2.37. The Labute approximate surface area is 129 Å². The van der Waals surface area contributed by atoms with Gasteiger partial charge in [-0.25, -0.2) is 9.13 Å². The maximum Gasteiger partial charge on any atom is 0.256 e. The fourth-order valence-corrected chi connectivity index (χ4v) is 2.87. The SMILES string of the molecule is CCCCc1n(CCCc2ccccc2)cc[n+]1CCC. The maximum atomic E-state index is 2.47. The van der Waals surface area contributed by atoms with E-state index in [2.05, 4.69) is 65.7 Å². The van der Waals surface area contributed by atoms with Crippen LogP contribution in [0.4, 0.5) is 0 Å². The second-order valence-corrected chi connectivity index (χ2v) is 5.79. The Bertz CT molecular complexity index is 514. The van der Waals surface area contributed by atoms with Gasteiger partial charge >= 0.3 is 0 Å². The Kier molecular flexibility index (Phi) is 6.52. The largest absolute Gasteiger partial charge is 0.256 e. The van der Waals surface area contributed by atoms with E-state index in [0.717, 1.165) is 13.1 Å². The van der Waals surface area contributed by atoms with E-state index < -0.39 is 0 Å². The van der Waals surface area contributed by atoms with Crippen LogP contribution in [0.25, 0.3) is 0 Å². The van der Waals surface area contributed by atoms with Crippen molar-refractivity contribution in [3.05, 3.63) is 54.1 Å². The molecule has 0 saturated carbocycles. The third kappa shape index (κ3) is 4.73. The molecule has 1 aromatic carbocycles. The monoisotopic (exact) mass is 285 g/mol. The van der Waals surface area contributed by atoms with Crippen LogP contribution in [0.1, 0.15) is 50.9 Å². The second-order valence-electron chi connectivity index (χ2n) is 5.79. The highest BCUT2D eigenvalue weighted by molar-refractivity contribution is 5.14. The lowest BCUT2D eigenvalue weighted by molar-refractivity contribution is -0.703. The number of aryl methyl sites for hydroxylation is 3. The fourth-order valence-electron chi connectivity index (χ4n) is 2.87. The highest BCUT2D eigenvalue weighted by Gasteiger charge is 2.15. The molecule has 114 valence electrons. The smallest absolute Gasteiger partial charge is 0.234 e. The Hall–Kier alpha value is -1.57. The molecule has 0 bridgehead atoms. The van der Waals surface area contributed by atoms with Crippen LogP contribution in [-0.2, 0) is 25.9 Å². The van der Waals surface area contributed by atoms with Crippen LogP contribution in [0.15, 0.2) is 42.7 Å². The summed E-state index contributed by atoms with van der Waals surface area (Å²) in [5.74, 6) is 1.51. The predicted molar refractivity (Wildman–Crippen MR) is 88.3 cm³/mol. The van der Waals surface area contributed by atoms with E-state index in [1.807, 2.05) is 0 Å². The van der Waals surface area contributed by atoms with Crippen LogP contribution >= 0.6 is 0 Å². The fraction of sp³-hybridized carbons (Fsp3) is 0.526. The number of benzene rings is 1. The van der Waals surface area contributed by atoms with Crippen LogP contribution < -0.4 is 4.57 Å². The number of unbranched alkanes of at least 4 members (excludes halogenated alkanes) is 1. The third-order valence-electron chi connectivity index (χ3n) is 4.02. The van der Waals surface area contributed by atoms with Gasteiger partial charge in [0, 0.05) is 6.42 Å². The minimum Gasteiger partial charge on any atom is -0.234 e. The lowest BCUT2D eigenvalue weighted by Gasteiger charge is -2.05. The van der Waals surface area contributed by atoms with Crippen LogP contribution in [0.2, 0.25) is 0 Å². The van der Waals surface area contributed by atoms with Crippen molar-refractivity contribution in [3.8, 4) is 0 Å². The van der Waals surface area contributed by atoms with E-state index >= 15 is 0 Å². The van der Waals surface area contributed by atoms with Gasteiger partial charge in [-0.2, -0.15) is 0 Å². The summed E-state index contributed by atoms with van der Waals surface area (Å²) in [5.41, 5.74) is 1.45. The minimum atomic E-state index is 1.13. The van der Waals surface area contributed by atoms with Gasteiger partial charge in [-0.1, -0.05) is 50.6 Å². The Morgan fingerprint density at radius 2 is 1.76 bits per heavy atom. The molecule has 0 unspecified atom stereocenters. The number of imidazole rings is 1. The zero-order valence-corrected chi connectivity index (χ0v) is 13.6. The first-order chi connectivity index (χ1) is 10.3. The minimum absolute atomic E-state index is 1.13. The standard InChI is InChI=1S/C19H29N2/c1-3-5-13-19-20(14-4-2)16-17-21(19)15-9-12-18-10-7-6-8-11-18/h6-8,10-11,16-17H,3-5,9,12-15H2,1-2H3/q+1. The van der Waals surface area contributed by atoms with Crippen LogP contribution in [0.3, 0.4) is 0 Å². The van der Waals surface area contributed by atoms with E-state index in [9.17, 15) is 0 Å². The quantitative estimate of drug-likeness (QED) is 0.612. The molecule has 1 aromatic heterocycles. The van der Waals surface area contributed by atoms with Crippen molar-refractivity contribution in [1.82, 2.24) is 4.57 Å². The Morgan fingerprint density at radius 1 is 0.952 bits per heavy atom. The van der Waals surface area contributed by atoms with Gasteiger partial charge < -0.3 is 0 Å². The predicted octanol–water partition coefficient (Wildman–Crippen LogP) is 4.16. The molecule has 1 heterocycles. The van der Waals surface area contributed by atoms with Crippen LogP contribution in [0, 0.1) is 0 Å². The van der Waals surface area contributed by atoms with E-state index in [1.165, 1.54) is 49.9 Å². The molecule has 2 aromatic rings. The van der Waals surface area contributed by atoms with E-state index in [0.29, 0.717) is 0 Å². The molecule has 0 saturated heterocycles. The third-order valence-corrected chi connectivity index (χ3v) is 4.02. The molecule has 2 heteroatoms. The van der Waals surface area contributed by atoms with Gasteiger partial charge in [-0.3, -0.25) is 0 Å². The van der Waals surface area contributed by atoms with Crippen molar-refractivity contribution in [2.75, 3.05) is 0 Å². The first-order valence-corrected chi connectivity index (χ1v) is 8.46. The van der Waals surface area contributed by atoms with Gasteiger partial charge in [-0.05, 0) is 31.2 Å². The molecule has 2 rings (SSSR count). The average Bonchev–Trinajstić information content (AvgIpc) is 2.89. The molecule has 0 radical (unpaired) electrons. The summed E-state index contributed by atoms with van der Waals surface area (Å²) >= 11 is 0. The summed E-state index contributed by atoms with van der Waals surface area (Å²) in [6.45, 7) is 6.80. The molecule has 0 aliphatic heterocycles. The van der Waals surface area contributed by atoms with Crippen molar-refractivity contribution < 1.29 is 4.57 Å². The molecular formula is C19H29N2+. The number of hydrogen-bond donors (Lipinski definition) is 0. The molecule has 2 nitrogen and oxygen atoms in total. The van der Waals surface area contributed by atoms with E-state index in [-0.39, 0.29) is 0 Å². The zero-order valence-electron chi connectivity index (χ0n) is 13.6. The maximum absolute atomic E-state index is 2.47. The molecular weight excluding hydrogens is 256 g/mol. The first kappa shape index (κ1) is 15.8. The normalized spacial score (nSPS) is 11.0. The van der Waals surface area contributed by atoms with Crippen molar-refractivity contribution in [1.29, 1.82) is 0 Å². The Balaban J connectivity index is 1.95. The second kappa shape index (κ2) is 8.66. The lowest BCUT2D eigenvalue weighted by atomic mass is 10.1. The highest BCUT2D eigenvalue weighted by atomic mass is 15.1. The van der Waals surface area contributed by atoms with Crippen molar-refractivity contribution in [3.63, 3.8) is 0 Å². The summed E-state index contributed by atoms with van der Waals surface area (Å²) < 4.78 is 4.91. The summed E-state index contributed by atoms with van der Waals surface area (Å²) in [6, 6.07) is 10.8. The van der Waals surface area contributed by atoms with Crippen LogP contribution in [-0.4, -0.2) is 4.57 Å². The number of nitrogens with zero attached hydrogens (tertiary/aromatic N) is 2. The molecule has 0 fully saturated rings. The topological polar surface area (TPSA) is 8.81 Å². The highest BCUT2D eigenvalue weighted by Crippen LogP contribution is 2.07. The van der Waals surface area contributed by atoms with Gasteiger partial charge in [-0.15, -0.1) is 0 Å².